The number of sulfonamides is 1. The fourth-order valence-corrected chi connectivity index (χ4v) is 3.54. The molecule has 116 valence electrons. The van der Waals surface area contributed by atoms with Gasteiger partial charge in [0.1, 0.15) is 0 Å². The molecule has 0 amide bonds. The van der Waals surface area contributed by atoms with E-state index >= 15 is 0 Å². The van der Waals surface area contributed by atoms with Crippen LogP contribution in [0.2, 0.25) is 0 Å². The normalized spacial score (nSPS) is 22.9. The summed E-state index contributed by atoms with van der Waals surface area (Å²) in [4.78, 5) is 14.4. The van der Waals surface area contributed by atoms with Crippen molar-refractivity contribution < 1.29 is 18.3 Å². The average molecular weight is 312 g/mol. The highest BCUT2D eigenvalue weighted by Gasteiger charge is 2.22. The van der Waals surface area contributed by atoms with E-state index in [4.69, 9.17) is 5.11 Å². The molecule has 0 unspecified atom stereocenters. The van der Waals surface area contributed by atoms with Crippen molar-refractivity contribution >= 4 is 16.0 Å². The van der Waals surface area contributed by atoms with Gasteiger partial charge < -0.3 is 5.11 Å². The van der Waals surface area contributed by atoms with Crippen LogP contribution in [0.1, 0.15) is 43.0 Å². The van der Waals surface area contributed by atoms with Gasteiger partial charge in [-0.1, -0.05) is 19.8 Å². The summed E-state index contributed by atoms with van der Waals surface area (Å²) in [6, 6.07) is 2.46. The SMILES string of the molecule is CC1CCC(CNS(=O)(=O)c2ccc(C(=O)O)cn2)CC1. The Bertz CT molecular complexity index is 590. The van der Waals surface area contributed by atoms with Gasteiger partial charge in [-0.3, -0.25) is 0 Å². The second-order valence-corrected chi connectivity index (χ2v) is 7.38. The van der Waals surface area contributed by atoms with E-state index in [1.807, 2.05) is 0 Å². The summed E-state index contributed by atoms with van der Waals surface area (Å²) in [6.45, 7) is 2.63. The van der Waals surface area contributed by atoms with Gasteiger partial charge in [0, 0.05) is 12.7 Å². The molecular weight excluding hydrogens is 292 g/mol. The van der Waals surface area contributed by atoms with E-state index in [-0.39, 0.29) is 10.6 Å². The Kier molecular flexibility index (Phi) is 4.95. The third-order valence-corrected chi connectivity index (χ3v) is 5.29. The zero-order chi connectivity index (χ0) is 15.5. The van der Waals surface area contributed by atoms with Gasteiger partial charge in [0.25, 0.3) is 10.0 Å². The van der Waals surface area contributed by atoms with E-state index in [0.717, 1.165) is 37.8 Å². The monoisotopic (exact) mass is 312 g/mol. The summed E-state index contributed by atoms with van der Waals surface area (Å²) in [7, 11) is -3.67. The highest BCUT2D eigenvalue weighted by molar-refractivity contribution is 7.89. The third-order valence-electron chi connectivity index (χ3n) is 3.96. The molecule has 1 saturated carbocycles. The number of nitrogens with one attached hydrogen (secondary N) is 1. The van der Waals surface area contributed by atoms with Crippen LogP contribution in [0.4, 0.5) is 0 Å². The van der Waals surface area contributed by atoms with Gasteiger partial charge in [-0.05, 0) is 36.8 Å². The molecule has 0 aromatic carbocycles. The van der Waals surface area contributed by atoms with Gasteiger partial charge in [0.15, 0.2) is 5.03 Å². The van der Waals surface area contributed by atoms with Gasteiger partial charge in [-0.2, -0.15) is 0 Å². The number of carbonyl (C=O) groups is 1. The summed E-state index contributed by atoms with van der Waals surface area (Å²) < 4.78 is 26.8. The van der Waals surface area contributed by atoms with E-state index in [2.05, 4.69) is 16.6 Å². The summed E-state index contributed by atoms with van der Waals surface area (Å²) in [5.74, 6) is -0.0342. The van der Waals surface area contributed by atoms with E-state index in [0.29, 0.717) is 12.5 Å². The van der Waals surface area contributed by atoms with Gasteiger partial charge in [0.2, 0.25) is 0 Å². The van der Waals surface area contributed by atoms with Crippen LogP contribution in [-0.2, 0) is 10.0 Å². The second-order valence-electron chi connectivity index (χ2n) is 5.67. The Morgan fingerprint density at radius 1 is 1.33 bits per heavy atom. The van der Waals surface area contributed by atoms with E-state index < -0.39 is 16.0 Å². The molecule has 1 aromatic heterocycles. The first-order valence-electron chi connectivity index (χ1n) is 7.07. The number of aromatic nitrogens is 1. The van der Waals surface area contributed by atoms with Crippen molar-refractivity contribution in [3.8, 4) is 0 Å². The fraction of sp³-hybridized carbons (Fsp3) is 0.571. The predicted molar refractivity (Wildman–Crippen MR) is 77.5 cm³/mol. The highest BCUT2D eigenvalue weighted by atomic mass is 32.2. The molecule has 0 bridgehead atoms. The summed E-state index contributed by atoms with van der Waals surface area (Å²) >= 11 is 0. The predicted octanol–water partition coefficient (Wildman–Crippen LogP) is 1.88. The first-order valence-corrected chi connectivity index (χ1v) is 8.56. The Labute approximate surface area is 124 Å². The Hall–Kier alpha value is -1.47. The number of aromatic carboxylic acids is 1. The molecule has 1 aliphatic rings. The van der Waals surface area contributed by atoms with Crippen LogP contribution in [0.3, 0.4) is 0 Å². The Balaban J connectivity index is 1.96. The van der Waals surface area contributed by atoms with Crippen LogP contribution in [0.5, 0.6) is 0 Å². The molecule has 1 aromatic rings. The topological polar surface area (TPSA) is 96.4 Å². The lowest BCUT2D eigenvalue weighted by atomic mass is 9.83. The van der Waals surface area contributed by atoms with Crippen molar-refractivity contribution in [3.63, 3.8) is 0 Å². The minimum atomic E-state index is -3.67. The van der Waals surface area contributed by atoms with Crippen LogP contribution >= 0.6 is 0 Å². The lowest BCUT2D eigenvalue weighted by Gasteiger charge is -2.26. The number of hydrogen-bond donors (Lipinski definition) is 2. The quantitative estimate of drug-likeness (QED) is 0.865. The number of pyridine rings is 1. The molecule has 7 heteroatoms. The lowest BCUT2D eigenvalue weighted by molar-refractivity contribution is 0.0696. The first kappa shape index (κ1) is 15.9. The highest BCUT2D eigenvalue weighted by Crippen LogP contribution is 2.27. The molecule has 0 aliphatic heterocycles. The smallest absolute Gasteiger partial charge is 0.337 e. The van der Waals surface area contributed by atoms with Crippen LogP contribution in [0.25, 0.3) is 0 Å². The summed E-state index contributed by atoms with van der Waals surface area (Å²) in [5.41, 5.74) is -0.0322. The van der Waals surface area contributed by atoms with Crippen LogP contribution in [0, 0.1) is 11.8 Å². The van der Waals surface area contributed by atoms with Crippen LogP contribution < -0.4 is 4.72 Å². The number of carboxylic acid groups (broad SMARTS) is 1. The van der Waals surface area contributed by atoms with Crippen molar-refractivity contribution in [2.24, 2.45) is 11.8 Å². The zero-order valence-electron chi connectivity index (χ0n) is 11.9. The molecule has 21 heavy (non-hydrogen) atoms. The van der Waals surface area contributed by atoms with Gasteiger partial charge in [0.05, 0.1) is 5.56 Å². The van der Waals surface area contributed by atoms with Crippen molar-refractivity contribution in [1.29, 1.82) is 0 Å². The summed E-state index contributed by atoms with van der Waals surface area (Å²) in [6.07, 6.45) is 5.40. The molecule has 0 radical (unpaired) electrons. The zero-order valence-corrected chi connectivity index (χ0v) is 12.8. The Morgan fingerprint density at radius 3 is 2.52 bits per heavy atom. The van der Waals surface area contributed by atoms with Crippen molar-refractivity contribution in [2.75, 3.05) is 6.54 Å². The van der Waals surface area contributed by atoms with Gasteiger partial charge >= 0.3 is 5.97 Å². The number of hydrogen-bond acceptors (Lipinski definition) is 4. The maximum atomic E-state index is 12.1. The lowest BCUT2D eigenvalue weighted by Crippen LogP contribution is -2.31. The van der Waals surface area contributed by atoms with Gasteiger partial charge in [-0.15, -0.1) is 0 Å². The first-order chi connectivity index (χ1) is 9.88. The molecule has 1 heterocycles. The molecule has 1 fully saturated rings. The molecule has 2 rings (SSSR count). The van der Waals surface area contributed by atoms with Crippen molar-refractivity contribution in [3.05, 3.63) is 23.9 Å². The molecule has 0 spiro atoms. The maximum Gasteiger partial charge on any atom is 0.337 e. The van der Waals surface area contributed by atoms with Crippen molar-refractivity contribution in [2.45, 2.75) is 37.6 Å². The molecule has 2 N–H and O–H groups in total. The molecule has 0 saturated heterocycles. The standard InChI is InChI=1S/C14H20N2O4S/c1-10-2-4-11(5-3-10)8-16-21(19,20)13-7-6-12(9-15-13)14(17)18/h6-7,9-11,16H,2-5,8H2,1H3,(H,17,18). The minimum absolute atomic E-state index is 0.0322. The van der Waals surface area contributed by atoms with E-state index in [1.54, 1.807) is 0 Å². The fourth-order valence-electron chi connectivity index (χ4n) is 2.50. The van der Waals surface area contributed by atoms with E-state index in [1.165, 1.54) is 12.1 Å². The van der Waals surface area contributed by atoms with Crippen LogP contribution in [0.15, 0.2) is 23.4 Å². The number of nitrogens with zero attached hydrogens (tertiary/aromatic N) is 1. The summed E-state index contributed by atoms with van der Waals surface area (Å²) in [5, 5.41) is 8.63. The average Bonchev–Trinajstić information content (AvgIpc) is 2.47. The molecule has 0 atom stereocenters. The van der Waals surface area contributed by atoms with Crippen molar-refractivity contribution in [1.82, 2.24) is 9.71 Å². The van der Waals surface area contributed by atoms with Crippen LogP contribution in [-0.4, -0.2) is 31.0 Å². The van der Waals surface area contributed by atoms with E-state index in [9.17, 15) is 13.2 Å². The number of carboxylic acids is 1. The minimum Gasteiger partial charge on any atom is -0.478 e. The Morgan fingerprint density at radius 2 is 2.00 bits per heavy atom. The van der Waals surface area contributed by atoms with Gasteiger partial charge in [-0.25, -0.2) is 22.9 Å². The largest absolute Gasteiger partial charge is 0.478 e. The third kappa shape index (κ3) is 4.25. The molecular formula is C14H20N2O4S. The maximum absolute atomic E-state index is 12.1. The molecule has 1 aliphatic carbocycles. The second kappa shape index (κ2) is 6.53. The number of rotatable bonds is 5. The molecule has 6 nitrogen and oxygen atoms in total.